The highest BCUT2D eigenvalue weighted by molar-refractivity contribution is 7.15. The van der Waals surface area contributed by atoms with Gasteiger partial charge in [-0.05, 0) is 18.9 Å². The Labute approximate surface area is 114 Å². The zero-order chi connectivity index (χ0) is 13.1. The quantitative estimate of drug-likeness (QED) is 0.866. The molecule has 3 heterocycles. The van der Waals surface area contributed by atoms with Gasteiger partial charge in [-0.2, -0.15) is 0 Å². The lowest BCUT2D eigenvalue weighted by Crippen LogP contribution is -2.30. The fourth-order valence-electron chi connectivity index (χ4n) is 2.11. The van der Waals surface area contributed by atoms with E-state index in [9.17, 15) is 4.79 Å². The van der Waals surface area contributed by atoms with Crippen molar-refractivity contribution in [3.05, 3.63) is 29.5 Å². The van der Waals surface area contributed by atoms with Gasteiger partial charge in [-0.15, -0.1) is 11.3 Å². The second kappa shape index (κ2) is 5.54. The van der Waals surface area contributed by atoms with E-state index in [-0.39, 0.29) is 12.0 Å². The Kier molecular flexibility index (Phi) is 3.61. The molecule has 2 aromatic heterocycles. The summed E-state index contributed by atoms with van der Waals surface area (Å²) in [5.41, 5.74) is 0.906. The van der Waals surface area contributed by atoms with Crippen LogP contribution in [0.15, 0.2) is 23.8 Å². The van der Waals surface area contributed by atoms with Crippen molar-refractivity contribution in [3.8, 4) is 0 Å². The zero-order valence-electron chi connectivity index (χ0n) is 10.4. The summed E-state index contributed by atoms with van der Waals surface area (Å²) >= 11 is 1.57. The van der Waals surface area contributed by atoms with E-state index in [1.165, 1.54) is 6.08 Å². The highest BCUT2D eigenvalue weighted by Crippen LogP contribution is 2.13. The molecule has 6 heteroatoms. The van der Waals surface area contributed by atoms with Gasteiger partial charge in [0.05, 0.1) is 18.0 Å². The number of fused-ring (bicyclic) bond motifs is 1. The van der Waals surface area contributed by atoms with Crippen molar-refractivity contribution in [3.63, 3.8) is 0 Å². The molecule has 19 heavy (non-hydrogen) atoms. The molecule has 0 aliphatic carbocycles. The first-order chi connectivity index (χ1) is 9.33. The molecule has 0 spiro atoms. The maximum Gasteiger partial charge on any atom is 0.244 e. The van der Waals surface area contributed by atoms with Gasteiger partial charge >= 0.3 is 0 Å². The smallest absolute Gasteiger partial charge is 0.244 e. The van der Waals surface area contributed by atoms with Crippen molar-refractivity contribution >= 4 is 28.3 Å². The molecule has 1 amide bonds. The summed E-state index contributed by atoms with van der Waals surface area (Å²) in [6.07, 6.45) is 9.31. The summed E-state index contributed by atoms with van der Waals surface area (Å²) in [5, 5.41) is 4.82. The zero-order valence-corrected chi connectivity index (χ0v) is 11.2. The summed E-state index contributed by atoms with van der Waals surface area (Å²) < 4.78 is 7.40. The van der Waals surface area contributed by atoms with Gasteiger partial charge in [-0.1, -0.05) is 0 Å². The van der Waals surface area contributed by atoms with Crippen LogP contribution in [0.2, 0.25) is 0 Å². The van der Waals surface area contributed by atoms with Crippen molar-refractivity contribution < 1.29 is 9.53 Å². The Hall–Kier alpha value is -1.66. The van der Waals surface area contributed by atoms with Crippen LogP contribution in [-0.4, -0.2) is 34.5 Å². The minimum atomic E-state index is -0.0966. The number of amides is 1. The van der Waals surface area contributed by atoms with E-state index >= 15 is 0 Å². The normalized spacial score (nSPS) is 19.5. The first kappa shape index (κ1) is 12.4. The van der Waals surface area contributed by atoms with E-state index < -0.39 is 0 Å². The summed E-state index contributed by atoms with van der Waals surface area (Å²) in [4.78, 5) is 16.9. The van der Waals surface area contributed by atoms with Gasteiger partial charge in [0.25, 0.3) is 0 Å². The molecule has 3 rings (SSSR count). The molecule has 1 atom stereocenters. The Morgan fingerprint density at radius 1 is 1.68 bits per heavy atom. The lowest BCUT2D eigenvalue weighted by atomic mass is 10.2. The van der Waals surface area contributed by atoms with Crippen LogP contribution >= 0.6 is 11.3 Å². The Morgan fingerprint density at radius 3 is 3.47 bits per heavy atom. The average molecular weight is 277 g/mol. The fraction of sp³-hybridized carbons (Fsp3) is 0.385. The average Bonchev–Trinajstić information content (AvgIpc) is 3.11. The minimum absolute atomic E-state index is 0.0966. The minimum Gasteiger partial charge on any atom is -0.376 e. The Bertz CT molecular complexity index is 596. The summed E-state index contributed by atoms with van der Waals surface area (Å²) in [7, 11) is 0. The van der Waals surface area contributed by atoms with E-state index in [0.29, 0.717) is 6.54 Å². The first-order valence-corrected chi connectivity index (χ1v) is 7.19. The number of rotatable bonds is 4. The molecule has 2 aromatic rings. The van der Waals surface area contributed by atoms with Crippen LogP contribution in [0, 0.1) is 0 Å². The SMILES string of the molecule is O=C(/C=C/c1cnc2sccn12)NCC1CCCO1. The summed E-state index contributed by atoms with van der Waals surface area (Å²) in [6.45, 7) is 1.39. The van der Waals surface area contributed by atoms with Crippen LogP contribution in [0.25, 0.3) is 11.0 Å². The van der Waals surface area contributed by atoms with Crippen molar-refractivity contribution in [2.24, 2.45) is 0 Å². The van der Waals surface area contributed by atoms with Crippen molar-refractivity contribution in [2.75, 3.05) is 13.2 Å². The van der Waals surface area contributed by atoms with Gasteiger partial charge in [0, 0.05) is 30.8 Å². The van der Waals surface area contributed by atoms with Gasteiger partial charge in [0.2, 0.25) is 5.91 Å². The van der Waals surface area contributed by atoms with Gasteiger partial charge in [-0.25, -0.2) is 4.98 Å². The third-order valence-electron chi connectivity index (χ3n) is 3.11. The molecule has 100 valence electrons. The molecular formula is C13H15N3O2S. The van der Waals surface area contributed by atoms with Crippen molar-refractivity contribution in [1.82, 2.24) is 14.7 Å². The van der Waals surface area contributed by atoms with E-state index in [1.807, 2.05) is 16.0 Å². The first-order valence-electron chi connectivity index (χ1n) is 6.31. The predicted octanol–water partition coefficient (Wildman–Crippen LogP) is 1.70. The highest BCUT2D eigenvalue weighted by Gasteiger charge is 2.15. The van der Waals surface area contributed by atoms with Crippen LogP contribution < -0.4 is 5.32 Å². The fourth-order valence-corrected chi connectivity index (χ4v) is 2.81. The van der Waals surface area contributed by atoms with Gasteiger partial charge in [-0.3, -0.25) is 9.20 Å². The molecule has 1 unspecified atom stereocenters. The molecule has 1 fully saturated rings. The topological polar surface area (TPSA) is 55.6 Å². The number of hydrogen-bond acceptors (Lipinski definition) is 4. The van der Waals surface area contributed by atoms with E-state index in [4.69, 9.17) is 4.74 Å². The van der Waals surface area contributed by atoms with Gasteiger partial charge < -0.3 is 10.1 Å². The number of carbonyl (C=O) groups excluding carboxylic acids is 1. The van der Waals surface area contributed by atoms with Crippen LogP contribution in [-0.2, 0) is 9.53 Å². The van der Waals surface area contributed by atoms with Gasteiger partial charge in [0.1, 0.15) is 0 Å². The molecule has 0 saturated carbocycles. The number of nitrogens with zero attached hydrogens (tertiary/aromatic N) is 2. The number of imidazole rings is 1. The third kappa shape index (κ3) is 2.85. The molecule has 5 nitrogen and oxygen atoms in total. The maximum absolute atomic E-state index is 11.7. The van der Waals surface area contributed by atoms with E-state index in [2.05, 4.69) is 10.3 Å². The summed E-state index contributed by atoms with van der Waals surface area (Å²) in [6, 6.07) is 0. The number of ether oxygens (including phenoxy) is 1. The van der Waals surface area contributed by atoms with Crippen LogP contribution in [0.4, 0.5) is 0 Å². The largest absolute Gasteiger partial charge is 0.376 e. The lowest BCUT2D eigenvalue weighted by Gasteiger charge is -2.08. The second-order valence-electron chi connectivity index (χ2n) is 4.45. The second-order valence-corrected chi connectivity index (χ2v) is 5.33. The van der Waals surface area contributed by atoms with E-state index in [1.54, 1.807) is 23.6 Å². The van der Waals surface area contributed by atoms with E-state index in [0.717, 1.165) is 30.1 Å². The van der Waals surface area contributed by atoms with Crippen LogP contribution in [0.3, 0.4) is 0 Å². The molecule has 1 N–H and O–H groups in total. The molecule has 1 aliphatic rings. The monoisotopic (exact) mass is 277 g/mol. The van der Waals surface area contributed by atoms with Gasteiger partial charge in [0.15, 0.2) is 4.96 Å². The summed E-state index contributed by atoms with van der Waals surface area (Å²) in [5.74, 6) is -0.0966. The molecule has 0 aromatic carbocycles. The van der Waals surface area contributed by atoms with Crippen molar-refractivity contribution in [2.45, 2.75) is 18.9 Å². The molecule has 1 aliphatic heterocycles. The standard InChI is InChI=1S/C13H15N3O2S/c17-12(14-9-11-2-1-6-18-11)4-3-10-8-15-13-16(10)5-7-19-13/h3-5,7-8,11H,1-2,6,9H2,(H,14,17)/b4-3+. The van der Waals surface area contributed by atoms with Crippen LogP contribution in [0.1, 0.15) is 18.5 Å². The number of aromatic nitrogens is 2. The maximum atomic E-state index is 11.7. The third-order valence-corrected chi connectivity index (χ3v) is 3.88. The molecule has 0 bridgehead atoms. The molecule has 0 radical (unpaired) electrons. The highest BCUT2D eigenvalue weighted by atomic mass is 32.1. The Balaban J connectivity index is 1.56. The molecular weight excluding hydrogens is 262 g/mol. The number of nitrogens with one attached hydrogen (secondary N) is 1. The Morgan fingerprint density at radius 2 is 2.63 bits per heavy atom. The van der Waals surface area contributed by atoms with Crippen molar-refractivity contribution in [1.29, 1.82) is 0 Å². The van der Waals surface area contributed by atoms with Crippen LogP contribution in [0.5, 0.6) is 0 Å². The lowest BCUT2D eigenvalue weighted by molar-refractivity contribution is -0.116. The molecule has 1 saturated heterocycles. The predicted molar refractivity (Wildman–Crippen MR) is 74.1 cm³/mol. The number of thiazole rings is 1. The number of hydrogen-bond donors (Lipinski definition) is 1. The number of carbonyl (C=O) groups is 1.